The maximum atomic E-state index is 14.1. The van der Waals surface area contributed by atoms with E-state index in [1.54, 1.807) is 18.3 Å². The summed E-state index contributed by atoms with van der Waals surface area (Å²) < 4.78 is 15.9. The van der Waals surface area contributed by atoms with Crippen molar-refractivity contribution in [3.63, 3.8) is 0 Å². The fourth-order valence-electron chi connectivity index (χ4n) is 2.76. The molecule has 0 saturated heterocycles. The maximum Gasteiger partial charge on any atom is 0.147 e. The molecule has 0 atom stereocenters. The van der Waals surface area contributed by atoms with E-state index in [2.05, 4.69) is 9.88 Å². The van der Waals surface area contributed by atoms with Crippen LogP contribution in [-0.4, -0.2) is 32.7 Å². The molecule has 3 aromatic rings. The molecule has 0 radical (unpaired) electrons. The number of aliphatic hydroxyl groups is 1. The lowest BCUT2D eigenvalue weighted by Crippen LogP contribution is -2.27. The van der Waals surface area contributed by atoms with Gasteiger partial charge in [-0.25, -0.2) is 4.39 Å². The number of aromatic nitrogens is 2. The molecule has 24 heavy (non-hydrogen) atoms. The summed E-state index contributed by atoms with van der Waals surface area (Å²) in [4.78, 5) is 6.24. The molecule has 1 N–H and O–H groups in total. The SMILES string of the molecule is OCCN(Cc1cccnc1)Cc1cccn1-c1ccccc1F. The van der Waals surface area contributed by atoms with Gasteiger partial charge in [0, 0.05) is 43.9 Å². The van der Waals surface area contributed by atoms with E-state index in [9.17, 15) is 9.50 Å². The van der Waals surface area contributed by atoms with E-state index in [0.717, 1.165) is 11.3 Å². The minimum absolute atomic E-state index is 0.0701. The van der Waals surface area contributed by atoms with Gasteiger partial charge in [-0.3, -0.25) is 9.88 Å². The Balaban J connectivity index is 1.81. The van der Waals surface area contributed by atoms with Crippen molar-refractivity contribution >= 4 is 0 Å². The van der Waals surface area contributed by atoms with Crippen LogP contribution in [0.1, 0.15) is 11.3 Å². The van der Waals surface area contributed by atoms with Crippen molar-refractivity contribution in [1.29, 1.82) is 0 Å². The molecule has 0 aliphatic rings. The smallest absolute Gasteiger partial charge is 0.147 e. The molecule has 4 nitrogen and oxygen atoms in total. The molecular weight excluding hydrogens is 305 g/mol. The lowest BCUT2D eigenvalue weighted by atomic mass is 10.2. The van der Waals surface area contributed by atoms with Gasteiger partial charge >= 0.3 is 0 Å². The number of halogens is 1. The Bertz CT molecular complexity index is 773. The van der Waals surface area contributed by atoms with Crippen LogP contribution >= 0.6 is 0 Å². The summed E-state index contributed by atoms with van der Waals surface area (Å²) in [6.45, 7) is 1.89. The second-order valence-electron chi connectivity index (χ2n) is 5.62. The summed E-state index contributed by atoms with van der Waals surface area (Å²) in [7, 11) is 0. The topological polar surface area (TPSA) is 41.3 Å². The predicted octanol–water partition coefficient (Wildman–Crippen LogP) is 3.01. The molecule has 124 valence electrons. The van der Waals surface area contributed by atoms with Crippen molar-refractivity contribution < 1.29 is 9.50 Å². The fraction of sp³-hybridized carbons (Fsp3) is 0.211. The number of hydrogen-bond acceptors (Lipinski definition) is 3. The zero-order valence-electron chi connectivity index (χ0n) is 13.3. The predicted molar refractivity (Wildman–Crippen MR) is 91.2 cm³/mol. The largest absolute Gasteiger partial charge is 0.395 e. The van der Waals surface area contributed by atoms with Gasteiger partial charge in [0.2, 0.25) is 0 Å². The van der Waals surface area contributed by atoms with Gasteiger partial charge in [-0.05, 0) is 35.9 Å². The van der Waals surface area contributed by atoms with Crippen LogP contribution in [0, 0.1) is 5.82 Å². The van der Waals surface area contributed by atoms with E-state index in [1.165, 1.54) is 6.07 Å². The van der Waals surface area contributed by atoms with Crippen LogP contribution < -0.4 is 0 Å². The third-order valence-corrected chi connectivity index (χ3v) is 3.88. The highest BCUT2D eigenvalue weighted by molar-refractivity contribution is 5.36. The molecule has 0 saturated carbocycles. The molecule has 2 heterocycles. The Morgan fingerprint density at radius 3 is 2.67 bits per heavy atom. The summed E-state index contributed by atoms with van der Waals surface area (Å²) in [6, 6.07) is 14.5. The third kappa shape index (κ3) is 3.88. The standard InChI is InChI=1S/C19H20FN3O/c20-18-7-1-2-8-19(18)23-10-4-6-17(23)15-22(11-12-24)14-16-5-3-9-21-13-16/h1-10,13,24H,11-12,14-15H2. The number of benzene rings is 1. The van der Waals surface area contributed by atoms with E-state index in [0.29, 0.717) is 25.3 Å². The van der Waals surface area contributed by atoms with E-state index < -0.39 is 0 Å². The molecule has 0 bridgehead atoms. The quantitative estimate of drug-likeness (QED) is 0.726. The first-order valence-electron chi connectivity index (χ1n) is 7.91. The lowest BCUT2D eigenvalue weighted by Gasteiger charge is -2.22. The number of nitrogens with zero attached hydrogens (tertiary/aromatic N) is 3. The zero-order valence-corrected chi connectivity index (χ0v) is 13.3. The second kappa shape index (κ2) is 7.86. The fourth-order valence-corrected chi connectivity index (χ4v) is 2.76. The Kier molecular flexibility index (Phi) is 5.36. The number of hydrogen-bond donors (Lipinski definition) is 1. The van der Waals surface area contributed by atoms with Crippen LogP contribution in [0.25, 0.3) is 5.69 Å². The highest BCUT2D eigenvalue weighted by Crippen LogP contribution is 2.18. The van der Waals surface area contributed by atoms with Gasteiger partial charge in [0.15, 0.2) is 0 Å². The minimum atomic E-state index is -0.254. The van der Waals surface area contributed by atoms with E-state index in [1.807, 2.05) is 47.3 Å². The normalized spacial score (nSPS) is 11.1. The molecular formula is C19H20FN3O. The Hall–Kier alpha value is -2.50. The van der Waals surface area contributed by atoms with Gasteiger partial charge in [-0.15, -0.1) is 0 Å². The molecule has 1 aromatic carbocycles. The van der Waals surface area contributed by atoms with E-state index >= 15 is 0 Å². The lowest BCUT2D eigenvalue weighted by molar-refractivity contribution is 0.182. The average Bonchev–Trinajstić information content (AvgIpc) is 3.04. The number of para-hydroxylation sites is 1. The molecule has 0 aliphatic heterocycles. The van der Waals surface area contributed by atoms with E-state index in [4.69, 9.17) is 0 Å². The van der Waals surface area contributed by atoms with Crippen molar-refractivity contribution in [3.05, 3.63) is 84.2 Å². The summed E-state index contributed by atoms with van der Waals surface area (Å²) in [5.41, 5.74) is 2.58. The summed E-state index contributed by atoms with van der Waals surface area (Å²) in [5, 5.41) is 9.35. The summed E-state index contributed by atoms with van der Waals surface area (Å²) in [6.07, 6.45) is 5.42. The average molecular weight is 325 g/mol. The minimum Gasteiger partial charge on any atom is -0.395 e. The van der Waals surface area contributed by atoms with Gasteiger partial charge in [0.05, 0.1) is 12.3 Å². The molecule has 2 aromatic heterocycles. The van der Waals surface area contributed by atoms with Crippen LogP contribution in [-0.2, 0) is 13.1 Å². The third-order valence-electron chi connectivity index (χ3n) is 3.88. The first-order chi connectivity index (χ1) is 11.8. The molecule has 0 spiro atoms. The molecule has 3 rings (SSSR count). The monoisotopic (exact) mass is 325 g/mol. The van der Waals surface area contributed by atoms with Crippen molar-refractivity contribution in [2.75, 3.05) is 13.2 Å². The van der Waals surface area contributed by atoms with Crippen LogP contribution in [0.5, 0.6) is 0 Å². The zero-order chi connectivity index (χ0) is 16.8. The summed E-state index contributed by atoms with van der Waals surface area (Å²) in [5.74, 6) is -0.254. The van der Waals surface area contributed by atoms with Crippen molar-refractivity contribution in [2.45, 2.75) is 13.1 Å². The Morgan fingerprint density at radius 1 is 1.04 bits per heavy atom. The van der Waals surface area contributed by atoms with Crippen molar-refractivity contribution in [1.82, 2.24) is 14.5 Å². The van der Waals surface area contributed by atoms with Gasteiger partial charge in [-0.1, -0.05) is 18.2 Å². The Morgan fingerprint density at radius 2 is 1.92 bits per heavy atom. The maximum absolute atomic E-state index is 14.1. The van der Waals surface area contributed by atoms with Crippen LogP contribution in [0.2, 0.25) is 0 Å². The number of rotatable bonds is 7. The number of pyridine rings is 1. The molecule has 0 unspecified atom stereocenters. The first kappa shape index (κ1) is 16.4. The molecule has 0 amide bonds. The van der Waals surface area contributed by atoms with Crippen LogP contribution in [0.3, 0.4) is 0 Å². The highest BCUT2D eigenvalue weighted by Gasteiger charge is 2.12. The van der Waals surface area contributed by atoms with E-state index in [-0.39, 0.29) is 12.4 Å². The molecule has 0 aliphatic carbocycles. The Labute approximate surface area is 140 Å². The van der Waals surface area contributed by atoms with Gasteiger partial charge in [0.25, 0.3) is 0 Å². The number of aliphatic hydroxyl groups excluding tert-OH is 1. The first-order valence-corrected chi connectivity index (χ1v) is 7.91. The van der Waals surface area contributed by atoms with Crippen LogP contribution in [0.4, 0.5) is 4.39 Å². The summed E-state index contributed by atoms with van der Waals surface area (Å²) >= 11 is 0. The van der Waals surface area contributed by atoms with Gasteiger partial charge < -0.3 is 9.67 Å². The van der Waals surface area contributed by atoms with Gasteiger partial charge in [-0.2, -0.15) is 0 Å². The van der Waals surface area contributed by atoms with Gasteiger partial charge in [0.1, 0.15) is 5.82 Å². The van der Waals surface area contributed by atoms with Crippen LogP contribution in [0.15, 0.2) is 67.1 Å². The van der Waals surface area contributed by atoms with Crippen molar-refractivity contribution in [2.24, 2.45) is 0 Å². The van der Waals surface area contributed by atoms with Crippen molar-refractivity contribution in [3.8, 4) is 5.69 Å². The molecule has 0 fully saturated rings. The highest BCUT2D eigenvalue weighted by atomic mass is 19.1. The molecule has 5 heteroatoms. The second-order valence-corrected chi connectivity index (χ2v) is 5.62.